The number of hydrogen-bond acceptors (Lipinski definition) is 4. The molecule has 4 unspecified atom stereocenters. The first-order chi connectivity index (χ1) is 10.6. The molecular weight excluding hydrogens is 282 g/mol. The molecule has 2 saturated heterocycles. The minimum atomic E-state index is -0.209. The van der Waals surface area contributed by atoms with E-state index in [4.69, 9.17) is 0 Å². The second kappa shape index (κ2) is 6.36. The maximum atomic E-state index is 12.4. The maximum absolute atomic E-state index is 12.4. The van der Waals surface area contributed by atoms with Gasteiger partial charge in [0, 0.05) is 6.04 Å². The number of hydrogen-bond donors (Lipinski definition) is 2. The summed E-state index contributed by atoms with van der Waals surface area (Å²) >= 11 is 0. The van der Waals surface area contributed by atoms with Crippen molar-refractivity contribution >= 4 is 17.7 Å². The van der Waals surface area contributed by atoms with Crippen LogP contribution in [0.3, 0.4) is 0 Å². The Morgan fingerprint density at radius 1 is 1.18 bits per heavy atom. The van der Waals surface area contributed by atoms with Gasteiger partial charge in [-0.15, -0.1) is 0 Å². The fraction of sp³-hybridized carbons (Fsp3) is 0.812. The van der Waals surface area contributed by atoms with Gasteiger partial charge in [0.1, 0.15) is 6.54 Å². The second-order valence-electron chi connectivity index (χ2n) is 6.90. The van der Waals surface area contributed by atoms with E-state index in [9.17, 15) is 14.4 Å². The molecule has 1 saturated carbocycles. The third-order valence-corrected chi connectivity index (χ3v) is 5.37. The summed E-state index contributed by atoms with van der Waals surface area (Å²) in [6.45, 7) is 3.76. The molecule has 6 heteroatoms. The standard InChI is InChI=1S/C16H25N3O3/c1-10-8-17-7-6-13(10)18-14(20)9-19-15(21)11-4-2-3-5-12(11)16(19)22/h10-13,17H,2-9H2,1H3,(H,18,20). The summed E-state index contributed by atoms with van der Waals surface area (Å²) in [5.41, 5.74) is 0. The first-order valence-corrected chi connectivity index (χ1v) is 8.43. The molecule has 6 nitrogen and oxygen atoms in total. The number of imide groups is 1. The van der Waals surface area contributed by atoms with Gasteiger partial charge < -0.3 is 10.6 Å². The van der Waals surface area contributed by atoms with Crippen LogP contribution in [0, 0.1) is 17.8 Å². The van der Waals surface area contributed by atoms with E-state index < -0.39 is 0 Å². The molecule has 22 heavy (non-hydrogen) atoms. The van der Waals surface area contributed by atoms with Crippen molar-refractivity contribution in [3.8, 4) is 0 Å². The van der Waals surface area contributed by atoms with Gasteiger partial charge in [-0.2, -0.15) is 0 Å². The van der Waals surface area contributed by atoms with Gasteiger partial charge in [0.15, 0.2) is 0 Å². The third-order valence-electron chi connectivity index (χ3n) is 5.37. The quantitative estimate of drug-likeness (QED) is 0.734. The molecule has 2 aliphatic heterocycles. The highest BCUT2D eigenvalue weighted by atomic mass is 16.2. The Morgan fingerprint density at radius 3 is 2.41 bits per heavy atom. The predicted molar refractivity (Wildman–Crippen MR) is 80.7 cm³/mol. The molecule has 0 spiro atoms. The molecule has 3 aliphatic rings. The van der Waals surface area contributed by atoms with E-state index in [0.717, 1.165) is 45.2 Å². The highest BCUT2D eigenvalue weighted by Gasteiger charge is 2.48. The van der Waals surface area contributed by atoms with Gasteiger partial charge in [-0.25, -0.2) is 0 Å². The van der Waals surface area contributed by atoms with Crippen LogP contribution in [0.2, 0.25) is 0 Å². The Labute approximate surface area is 131 Å². The molecule has 0 aromatic heterocycles. The minimum Gasteiger partial charge on any atom is -0.351 e. The van der Waals surface area contributed by atoms with E-state index in [0.29, 0.717) is 5.92 Å². The van der Waals surface area contributed by atoms with Crippen molar-refractivity contribution in [3.05, 3.63) is 0 Å². The van der Waals surface area contributed by atoms with Crippen LogP contribution < -0.4 is 10.6 Å². The first-order valence-electron chi connectivity index (χ1n) is 8.43. The molecule has 4 atom stereocenters. The summed E-state index contributed by atoms with van der Waals surface area (Å²) in [7, 11) is 0. The summed E-state index contributed by atoms with van der Waals surface area (Å²) < 4.78 is 0. The average Bonchev–Trinajstić information content (AvgIpc) is 2.75. The van der Waals surface area contributed by atoms with Crippen molar-refractivity contribution in [3.63, 3.8) is 0 Å². The molecule has 0 aromatic rings. The van der Waals surface area contributed by atoms with Crippen LogP contribution in [0.5, 0.6) is 0 Å². The van der Waals surface area contributed by atoms with Gasteiger partial charge in [0.2, 0.25) is 17.7 Å². The lowest BCUT2D eigenvalue weighted by Gasteiger charge is -2.30. The Bertz CT molecular complexity index is 455. The van der Waals surface area contributed by atoms with Gasteiger partial charge in [0.05, 0.1) is 11.8 Å². The van der Waals surface area contributed by atoms with Crippen LogP contribution in [0.1, 0.15) is 39.0 Å². The highest BCUT2D eigenvalue weighted by Crippen LogP contribution is 2.37. The molecular formula is C16H25N3O3. The number of carbonyl (C=O) groups is 3. The number of fused-ring (bicyclic) bond motifs is 1. The molecule has 0 aromatic carbocycles. The Kier molecular flexibility index (Phi) is 4.47. The Balaban J connectivity index is 1.59. The summed E-state index contributed by atoms with van der Waals surface area (Å²) in [5.74, 6) is -0.463. The predicted octanol–water partition coefficient (Wildman–Crippen LogP) is 0.276. The van der Waals surface area contributed by atoms with Crippen LogP contribution in [-0.4, -0.2) is 48.3 Å². The van der Waals surface area contributed by atoms with Crippen molar-refractivity contribution in [2.24, 2.45) is 17.8 Å². The molecule has 3 fully saturated rings. The Hall–Kier alpha value is -1.43. The van der Waals surface area contributed by atoms with Crippen molar-refractivity contribution in [2.45, 2.75) is 45.1 Å². The van der Waals surface area contributed by atoms with Crippen LogP contribution in [0.15, 0.2) is 0 Å². The van der Waals surface area contributed by atoms with Crippen LogP contribution in [0.4, 0.5) is 0 Å². The number of likely N-dealkylation sites (tertiary alicyclic amines) is 1. The minimum absolute atomic E-state index is 0.110. The van der Waals surface area contributed by atoms with E-state index in [1.807, 2.05) is 0 Å². The average molecular weight is 307 g/mol. The zero-order valence-corrected chi connectivity index (χ0v) is 13.1. The van der Waals surface area contributed by atoms with E-state index in [-0.39, 0.29) is 42.1 Å². The van der Waals surface area contributed by atoms with Crippen molar-refractivity contribution in [1.29, 1.82) is 0 Å². The normalized spacial score (nSPS) is 35.4. The Morgan fingerprint density at radius 2 is 1.82 bits per heavy atom. The summed E-state index contributed by atoms with van der Waals surface area (Å²) in [6, 6.07) is 0.129. The molecule has 1 aliphatic carbocycles. The lowest BCUT2D eigenvalue weighted by atomic mass is 9.81. The van der Waals surface area contributed by atoms with E-state index in [2.05, 4.69) is 17.6 Å². The maximum Gasteiger partial charge on any atom is 0.240 e. The number of rotatable bonds is 3. The fourth-order valence-electron chi connectivity index (χ4n) is 4.01. The summed E-state index contributed by atoms with van der Waals surface area (Å²) in [4.78, 5) is 38.1. The third kappa shape index (κ3) is 2.89. The van der Waals surface area contributed by atoms with Gasteiger partial charge >= 0.3 is 0 Å². The van der Waals surface area contributed by atoms with Crippen molar-refractivity contribution < 1.29 is 14.4 Å². The number of carbonyl (C=O) groups excluding carboxylic acids is 3. The van der Waals surface area contributed by atoms with Crippen LogP contribution in [0.25, 0.3) is 0 Å². The lowest BCUT2D eigenvalue weighted by Crippen LogP contribution is -2.51. The number of nitrogens with zero attached hydrogens (tertiary/aromatic N) is 1. The fourth-order valence-corrected chi connectivity index (χ4v) is 4.01. The van der Waals surface area contributed by atoms with Gasteiger partial charge in [-0.3, -0.25) is 19.3 Å². The topological polar surface area (TPSA) is 78.5 Å². The molecule has 122 valence electrons. The lowest BCUT2D eigenvalue weighted by molar-refractivity contribution is -0.143. The zero-order valence-electron chi connectivity index (χ0n) is 13.1. The SMILES string of the molecule is CC1CNCCC1NC(=O)CN1C(=O)C2CCCCC2C1=O. The van der Waals surface area contributed by atoms with Crippen molar-refractivity contribution in [2.75, 3.05) is 19.6 Å². The van der Waals surface area contributed by atoms with E-state index in [1.54, 1.807) is 0 Å². The van der Waals surface area contributed by atoms with E-state index in [1.165, 1.54) is 4.90 Å². The molecule has 2 N–H and O–H groups in total. The summed E-state index contributed by atoms with van der Waals surface area (Å²) in [5, 5.41) is 6.28. The second-order valence-corrected chi connectivity index (χ2v) is 6.90. The van der Waals surface area contributed by atoms with Crippen molar-refractivity contribution in [1.82, 2.24) is 15.5 Å². The van der Waals surface area contributed by atoms with Crippen LogP contribution in [-0.2, 0) is 14.4 Å². The molecule has 0 bridgehead atoms. The largest absolute Gasteiger partial charge is 0.351 e. The molecule has 0 radical (unpaired) electrons. The van der Waals surface area contributed by atoms with Crippen LogP contribution >= 0.6 is 0 Å². The van der Waals surface area contributed by atoms with Gasteiger partial charge in [-0.05, 0) is 38.3 Å². The smallest absolute Gasteiger partial charge is 0.240 e. The highest BCUT2D eigenvalue weighted by molar-refractivity contribution is 6.07. The number of piperidine rings is 1. The monoisotopic (exact) mass is 307 g/mol. The number of nitrogens with one attached hydrogen (secondary N) is 2. The van der Waals surface area contributed by atoms with Gasteiger partial charge in [0.25, 0.3) is 0 Å². The summed E-state index contributed by atoms with van der Waals surface area (Å²) in [6.07, 6.45) is 4.48. The van der Waals surface area contributed by atoms with Gasteiger partial charge in [-0.1, -0.05) is 19.8 Å². The first kappa shape index (κ1) is 15.5. The molecule has 3 rings (SSSR count). The molecule has 3 amide bonds. The zero-order chi connectivity index (χ0) is 15.7. The van der Waals surface area contributed by atoms with E-state index >= 15 is 0 Å². The number of amides is 3. The molecule has 2 heterocycles.